The van der Waals surface area contributed by atoms with E-state index in [0.717, 1.165) is 23.5 Å². The van der Waals surface area contributed by atoms with Gasteiger partial charge >= 0.3 is 0 Å². The molecular formula is C16H25ClN2O3. The molecule has 124 valence electrons. The van der Waals surface area contributed by atoms with Crippen LogP contribution >= 0.6 is 12.4 Å². The van der Waals surface area contributed by atoms with E-state index in [1.54, 1.807) is 0 Å². The standard InChI is InChI=1S/C16H24N2O3.ClH/c1-11(2)8-13(17)16(19)18-10-12-4-5-14-15(9-12)21-7-3-6-20-14;/h4-5,9,11,13H,3,6-8,10,17H2,1-2H3,(H,18,19);1H/t13-;/m0./s1. The third-order valence-electron chi connectivity index (χ3n) is 3.34. The third-order valence-corrected chi connectivity index (χ3v) is 3.34. The molecule has 0 radical (unpaired) electrons. The highest BCUT2D eigenvalue weighted by atomic mass is 35.5. The van der Waals surface area contributed by atoms with Crippen molar-refractivity contribution in [3.8, 4) is 11.5 Å². The number of hydrogen-bond donors (Lipinski definition) is 2. The SMILES string of the molecule is CC(C)C[C@H](N)C(=O)NCc1ccc2c(c1)OCCCO2.Cl. The fraction of sp³-hybridized carbons (Fsp3) is 0.562. The molecule has 2 rings (SSSR count). The highest BCUT2D eigenvalue weighted by Gasteiger charge is 2.15. The molecule has 0 fully saturated rings. The van der Waals surface area contributed by atoms with Gasteiger partial charge in [-0.2, -0.15) is 0 Å². The van der Waals surface area contributed by atoms with Crippen molar-refractivity contribution in [3.05, 3.63) is 23.8 Å². The second-order valence-electron chi connectivity index (χ2n) is 5.79. The number of halogens is 1. The minimum Gasteiger partial charge on any atom is -0.490 e. The molecular weight excluding hydrogens is 304 g/mol. The Kier molecular flexibility index (Phi) is 7.48. The smallest absolute Gasteiger partial charge is 0.237 e. The molecule has 1 atom stereocenters. The molecule has 1 aliphatic rings. The largest absolute Gasteiger partial charge is 0.490 e. The predicted octanol–water partition coefficient (Wildman–Crippen LogP) is 2.26. The quantitative estimate of drug-likeness (QED) is 0.869. The minimum atomic E-state index is -0.453. The lowest BCUT2D eigenvalue weighted by Gasteiger charge is -2.15. The summed E-state index contributed by atoms with van der Waals surface area (Å²) in [5.74, 6) is 1.80. The van der Waals surface area contributed by atoms with Crippen molar-refractivity contribution in [2.45, 2.75) is 39.3 Å². The van der Waals surface area contributed by atoms with Gasteiger partial charge in [0.1, 0.15) is 0 Å². The van der Waals surface area contributed by atoms with E-state index in [-0.39, 0.29) is 18.3 Å². The molecule has 5 nitrogen and oxygen atoms in total. The predicted molar refractivity (Wildman–Crippen MR) is 88.6 cm³/mol. The van der Waals surface area contributed by atoms with Gasteiger partial charge in [0.25, 0.3) is 0 Å². The van der Waals surface area contributed by atoms with Crippen LogP contribution in [0.5, 0.6) is 11.5 Å². The Hall–Kier alpha value is -1.46. The Balaban J connectivity index is 0.00000242. The molecule has 1 aromatic rings. The van der Waals surface area contributed by atoms with E-state index in [1.807, 2.05) is 18.2 Å². The molecule has 0 aromatic heterocycles. The third kappa shape index (κ3) is 5.39. The van der Waals surface area contributed by atoms with E-state index in [9.17, 15) is 4.79 Å². The summed E-state index contributed by atoms with van der Waals surface area (Å²) in [5.41, 5.74) is 6.83. The number of hydrogen-bond acceptors (Lipinski definition) is 4. The maximum Gasteiger partial charge on any atom is 0.237 e. The molecule has 3 N–H and O–H groups in total. The first kappa shape index (κ1) is 18.6. The van der Waals surface area contributed by atoms with E-state index in [1.165, 1.54) is 0 Å². The Labute approximate surface area is 138 Å². The Morgan fingerprint density at radius 1 is 1.27 bits per heavy atom. The summed E-state index contributed by atoms with van der Waals surface area (Å²) in [6.07, 6.45) is 1.57. The number of carbonyl (C=O) groups excluding carboxylic acids is 1. The second-order valence-corrected chi connectivity index (χ2v) is 5.79. The van der Waals surface area contributed by atoms with Gasteiger partial charge in [0, 0.05) is 13.0 Å². The maximum absolute atomic E-state index is 11.9. The lowest BCUT2D eigenvalue weighted by Crippen LogP contribution is -2.41. The van der Waals surface area contributed by atoms with Gasteiger partial charge in [0.2, 0.25) is 5.91 Å². The minimum absolute atomic E-state index is 0. The van der Waals surface area contributed by atoms with Gasteiger partial charge < -0.3 is 20.5 Å². The van der Waals surface area contributed by atoms with Crippen LogP contribution < -0.4 is 20.5 Å². The normalized spacial score (nSPS) is 14.7. The summed E-state index contributed by atoms with van der Waals surface area (Å²) >= 11 is 0. The highest BCUT2D eigenvalue weighted by Crippen LogP contribution is 2.30. The number of benzene rings is 1. The van der Waals surface area contributed by atoms with Crippen molar-refractivity contribution < 1.29 is 14.3 Å². The summed E-state index contributed by atoms with van der Waals surface area (Å²) in [4.78, 5) is 11.9. The van der Waals surface area contributed by atoms with E-state index < -0.39 is 6.04 Å². The van der Waals surface area contributed by atoms with Gasteiger partial charge in [-0.1, -0.05) is 19.9 Å². The zero-order valence-electron chi connectivity index (χ0n) is 13.1. The molecule has 1 amide bonds. The Morgan fingerprint density at radius 2 is 1.95 bits per heavy atom. The topological polar surface area (TPSA) is 73.6 Å². The number of rotatable bonds is 5. The van der Waals surface area contributed by atoms with Gasteiger partial charge in [-0.15, -0.1) is 12.4 Å². The average Bonchev–Trinajstić information content (AvgIpc) is 2.68. The molecule has 0 aliphatic carbocycles. The molecule has 0 bridgehead atoms. The number of carbonyl (C=O) groups is 1. The zero-order valence-corrected chi connectivity index (χ0v) is 13.9. The van der Waals surface area contributed by atoms with E-state index in [0.29, 0.717) is 32.1 Å². The summed E-state index contributed by atoms with van der Waals surface area (Å²) in [6, 6.07) is 5.28. The maximum atomic E-state index is 11.9. The number of amides is 1. The lowest BCUT2D eigenvalue weighted by molar-refractivity contribution is -0.122. The summed E-state index contributed by atoms with van der Waals surface area (Å²) in [6.45, 7) is 5.88. The van der Waals surface area contributed by atoms with Crippen molar-refractivity contribution in [3.63, 3.8) is 0 Å². The fourth-order valence-corrected chi connectivity index (χ4v) is 2.25. The van der Waals surface area contributed by atoms with Crippen molar-refractivity contribution in [2.24, 2.45) is 11.7 Å². The molecule has 1 aliphatic heterocycles. The van der Waals surface area contributed by atoms with Crippen molar-refractivity contribution in [2.75, 3.05) is 13.2 Å². The molecule has 0 saturated heterocycles. The molecule has 0 spiro atoms. The number of fused-ring (bicyclic) bond motifs is 1. The van der Waals surface area contributed by atoms with E-state index in [2.05, 4.69) is 19.2 Å². The number of ether oxygens (including phenoxy) is 2. The van der Waals surface area contributed by atoms with Crippen LogP contribution in [0.2, 0.25) is 0 Å². The van der Waals surface area contributed by atoms with Gasteiger partial charge in [0.05, 0.1) is 19.3 Å². The van der Waals surface area contributed by atoms with Gasteiger partial charge in [-0.3, -0.25) is 4.79 Å². The Morgan fingerprint density at radius 3 is 2.64 bits per heavy atom. The van der Waals surface area contributed by atoms with Crippen LogP contribution in [0.25, 0.3) is 0 Å². The van der Waals surface area contributed by atoms with Crippen molar-refractivity contribution >= 4 is 18.3 Å². The van der Waals surface area contributed by atoms with Crippen molar-refractivity contribution in [1.82, 2.24) is 5.32 Å². The average molecular weight is 329 g/mol. The molecule has 1 heterocycles. The molecule has 1 aromatic carbocycles. The summed E-state index contributed by atoms with van der Waals surface area (Å²) in [5, 5.41) is 2.87. The van der Waals surface area contributed by atoms with E-state index >= 15 is 0 Å². The van der Waals surface area contributed by atoms with Crippen molar-refractivity contribution in [1.29, 1.82) is 0 Å². The van der Waals surface area contributed by atoms with Crippen LogP contribution in [0.15, 0.2) is 18.2 Å². The first-order valence-electron chi connectivity index (χ1n) is 7.48. The first-order chi connectivity index (χ1) is 10.1. The Bertz CT molecular complexity index is 494. The molecule has 6 heteroatoms. The van der Waals surface area contributed by atoms with Gasteiger partial charge in [-0.05, 0) is 30.0 Å². The molecule has 0 saturated carbocycles. The summed E-state index contributed by atoms with van der Waals surface area (Å²) < 4.78 is 11.2. The first-order valence-corrected chi connectivity index (χ1v) is 7.48. The van der Waals surface area contributed by atoms with Crippen LogP contribution in [0.4, 0.5) is 0 Å². The van der Waals surface area contributed by atoms with Crippen LogP contribution in [0, 0.1) is 5.92 Å². The van der Waals surface area contributed by atoms with Crippen LogP contribution in [-0.2, 0) is 11.3 Å². The zero-order chi connectivity index (χ0) is 15.2. The molecule has 22 heavy (non-hydrogen) atoms. The highest BCUT2D eigenvalue weighted by molar-refractivity contribution is 5.85. The monoisotopic (exact) mass is 328 g/mol. The van der Waals surface area contributed by atoms with Crippen LogP contribution in [0.3, 0.4) is 0 Å². The number of nitrogens with one attached hydrogen (secondary N) is 1. The summed E-state index contributed by atoms with van der Waals surface area (Å²) in [7, 11) is 0. The number of nitrogens with two attached hydrogens (primary N) is 1. The fourth-order valence-electron chi connectivity index (χ4n) is 2.25. The van der Waals surface area contributed by atoms with Gasteiger partial charge in [-0.25, -0.2) is 0 Å². The van der Waals surface area contributed by atoms with Crippen LogP contribution in [-0.4, -0.2) is 25.2 Å². The molecule has 0 unspecified atom stereocenters. The lowest BCUT2D eigenvalue weighted by atomic mass is 10.0. The van der Waals surface area contributed by atoms with Gasteiger partial charge in [0.15, 0.2) is 11.5 Å². The van der Waals surface area contributed by atoms with E-state index in [4.69, 9.17) is 15.2 Å². The second kappa shape index (κ2) is 8.86. The van der Waals surface area contributed by atoms with Crippen LogP contribution in [0.1, 0.15) is 32.3 Å².